The Morgan fingerprint density at radius 1 is 1.26 bits per heavy atom. The third kappa shape index (κ3) is 2.99. The summed E-state index contributed by atoms with van der Waals surface area (Å²) in [4.78, 5) is 22.7. The second-order valence-electron chi connectivity index (χ2n) is 5.31. The van der Waals surface area contributed by atoms with Crippen molar-refractivity contribution in [2.75, 3.05) is 7.05 Å². The van der Waals surface area contributed by atoms with Crippen LogP contribution >= 0.6 is 0 Å². The minimum Gasteiger partial charge on any atom is -0.334 e. The molecule has 2 heterocycles. The lowest BCUT2D eigenvalue weighted by atomic mass is 10.2. The van der Waals surface area contributed by atoms with Gasteiger partial charge < -0.3 is 9.47 Å². The van der Waals surface area contributed by atoms with E-state index in [1.165, 1.54) is 0 Å². The molecule has 0 bridgehead atoms. The molecule has 0 unspecified atom stereocenters. The molecule has 0 saturated heterocycles. The minimum atomic E-state index is -0.0513. The summed E-state index contributed by atoms with van der Waals surface area (Å²) >= 11 is 0. The molecule has 5 heteroatoms. The predicted octanol–water partition coefficient (Wildman–Crippen LogP) is 2.89. The van der Waals surface area contributed by atoms with Gasteiger partial charge in [-0.25, -0.2) is 4.98 Å². The summed E-state index contributed by atoms with van der Waals surface area (Å²) in [6.45, 7) is 4.90. The normalized spacial score (nSPS) is 10.7. The molecule has 0 aliphatic rings. The zero-order chi connectivity index (χ0) is 16.2. The molecule has 1 amide bonds. The van der Waals surface area contributed by atoms with E-state index in [1.807, 2.05) is 30.3 Å². The van der Waals surface area contributed by atoms with Crippen molar-refractivity contribution in [1.29, 1.82) is 0 Å². The highest BCUT2D eigenvalue weighted by Crippen LogP contribution is 2.17. The number of hydrogen-bond acceptors (Lipinski definition) is 3. The van der Waals surface area contributed by atoms with Crippen LogP contribution in [0, 0.1) is 0 Å². The van der Waals surface area contributed by atoms with Crippen molar-refractivity contribution in [3.8, 4) is 0 Å². The fraction of sp³-hybridized carbons (Fsp3) is 0.167. The Kier molecular flexibility index (Phi) is 4.19. The summed E-state index contributed by atoms with van der Waals surface area (Å²) in [6.07, 6.45) is 5.07. The Morgan fingerprint density at radius 2 is 2.00 bits per heavy atom. The molecule has 0 N–H and O–H groups in total. The van der Waals surface area contributed by atoms with Gasteiger partial charge in [0.1, 0.15) is 5.82 Å². The van der Waals surface area contributed by atoms with Crippen molar-refractivity contribution in [2.24, 2.45) is 0 Å². The first-order valence-corrected chi connectivity index (χ1v) is 7.41. The zero-order valence-electron chi connectivity index (χ0n) is 13.0. The number of para-hydroxylation sites is 2. The third-order valence-electron chi connectivity index (χ3n) is 3.70. The maximum atomic E-state index is 12.5. The maximum absolute atomic E-state index is 12.5. The quantitative estimate of drug-likeness (QED) is 0.681. The molecular weight excluding hydrogens is 288 g/mol. The Hall–Kier alpha value is -2.95. The number of benzene rings is 1. The number of imidazole rings is 1. The molecule has 0 fully saturated rings. The smallest absolute Gasteiger partial charge is 0.254 e. The van der Waals surface area contributed by atoms with Crippen LogP contribution in [0.15, 0.2) is 61.4 Å². The highest BCUT2D eigenvalue weighted by atomic mass is 16.2. The van der Waals surface area contributed by atoms with Crippen molar-refractivity contribution in [3.63, 3.8) is 0 Å². The van der Waals surface area contributed by atoms with E-state index >= 15 is 0 Å². The van der Waals surface area contributed by atoms with E-state index in [-0.39, 0.29) is 5.91 Å². The van der Waals surface area contributed by atoms with Crippen molar-refractivity contribution >= 4 is 16.9 Å². The summed E-state index contributed by atoms with van der Waals surface area (Å²) in [5.74, 6) is 0.792. The van der Waals surface area contributed by atoms with Gasteiger partial charge >= 0.3 is 0 Å². The Morgan fingerprint density at radius 3 is 2.74 bits per heavy atom. The van der Waals surface area contributed by atoms with Crippen molar-refractivity contribution < 1.29 is 4.79 Å². The van der Waals surface area contributed by atoms with Gasteiger partial charge in [0, 0.05) is 31.5 Å². The highest BCUT2D eigenvalue weighted by Gasteiger charge is 2.16. The van der Waals surface area contributed by atoms with Gasteiger partial charge in [0.2, 0.25) is 0 Å². The lowest BCUT2D eigenvalue weighted by Crippen LogP contribution is -2.27. The van der Waals surface area contributed by atoms with Crippen LogP contribution in [-0.2, 0) is 13.1 Å². The van der Waals surface area contributed by atoms with Gasteiger partial charge in [0.05, 0.1) is 17.6 Å². The summed E-state index contributed by atoms with van der Waals surface area (Å²) in [6, 6.07) is 11.4. The second-order valence-corrected chi connectivity index (χ2v) is 5.31. The summed E-state index contributed by atoms with van der Waals surface area (Å²) in [5, 5.41) is 0. The molecule has 23 heavy (non-hydrogen) atoms. The van der Waals surface area contributed by atoms with Gasteiger partial charge in [-0.1, -0.05) is 18.2 Å². The van der Waals surface area contributed by atoms with E-state index in [0.29, 0.717) is 18.7 Å². The van der Waals surface area contributed by atoms with E-state index in [2.05, 4.69) is 21.1 Å². The monoisotopic (exact) mass is 306 g/mol. The topological polar surface area (TPSA) is 51.0 Å². The Balaban J connectivity index is 1.90. The van der Waals surface area contributed by atoms with Crippen LogP contribution in [0.5, 0.6) is 0 Å². The first-order valence-electron chi connectivity index (χ1n) is 7.41. The fourth-order valence-electron chi connectivity index (χ4n) is 2.58. The number of carbonyl (C=O) groups is 1. The van der Waals surface area contributed by atoms with E-state index in [1.54, 1.807) is 36.5 Å². The van der Waals surface area contributed by atoms with E-state index in [0.717, 1.165) is 16.9 Å². The molecule has 116 valence electrons. The second kappa shape index (κ2) is 6.44. The molecule has 0 aliphatic carbocycles. The fourth-order valence-corrected chi connectivity index (χ4v) is 2.58. The molecule has 5 nitrogen and oxygen atoms in total. The lowest BCUT2D eigenvalue weighted by Gasteiger charge is -2.17. The van der Waals surface area contributed by atoms with Crippen LogP contribution in [0.1, 0.15) is 16.2 Å². The molecule has 1 aromatic carbocycles. The van der Waals surface area contributed by atoms with Crippen molar-refractivity contribution in [2.45, 2.75) is 13.1 Å². The predicted molar refractivity (Wildman–Crippen MR) is 90.0 cm³/mol. The van der Waals surface area contributed by atoms with Gasteiger partial charge in [-0.05, 0) is 24.3 Å². The van der Waals surface area contributed by atoms with Crippen LogP contribution in [0.25, 0.3) is 11.0 Å². The maximum Gasteiger partial charge on any atom is 0.254 e. The summed E-state index contributed by atoms with van der Waals surface area (Å²) < 4.78 is 2.08. The van der Waals surface area contributed by atoms with Crippen molar-refractivity contribution in [3.05, 3.63) is 72.8 Å². The Bertz CT molecular complexity index is 839. The molecule has 0 spiro atoms. The average Bonchev–Trinajstić information content (AvgIpc) is 2.93. The molecule has 3 aromatic rings. The van der Waals surface area contributed by atoms with Crippen LogP contribution in [-0.4, -0.2) is 32.4 Å². The largest absolute Gasteiger partial charge is 0.334 e. The molecular formula is C18H18N4O. The molecule has 3 rings (SSSR count). The number of carbonyl (C=O) groups excluding carboxylic acids is 1. The molecule has 0 radical (unpaired) electrons. The average molecular weight is 306 g/mol. The zero-order valence-corrected chi connectivity index (χ0v) is 13.0. The first kappa shape index (κ1) is 15.0. The number of nitrogens with zero attached hydrogens (tertiary/aromatic N) is 4. The van der Waals surface area contributed by atoms with Gasteiger partial charge in [-0.2, -0.15) is 0 Å². The Labute approximate surface area is 134 Å². The molecule has 0 atom stereocenters. The van der Waals surface area contributed by atoms with Crippen LogP contribution in [0.2, 0.25) is 0 Å². The van der Waals surface area contributed by atoms with Gasteiger partial charge in [-0.3, -0.25) is 9.78 Å². The highest BCUT2D eigenvalue weighted by molar-refractivity contribution is 5.93. The van der Waals surface area contributed by atoms with Gasteiger partial charge in [0.15, 0.2) is 0 Å². The van der Waals surface area contributed by atoms with Gasteiger partial charge in [0.25, 0.3) is 5.91 Å². The SMILES string of the molecule is C=CCn1c(CN(C)C(=O)c2ccncc2)nc2ccccc21. The number of hydrogen-bond donors (Lipinski definition) is 0. The van der Waals surface area contributed by atoms with Crippen LogP contribution in [0.4, 0.5) is 0 Å². The van der Waals surface area contributed by atoms with Crippen LogP contribution < -0.4 is 0 Å². The molecule has 0 saturated carbocycles. The number of rotatable bonds is 5. The number of pyridine rings is 1. The third-order valence-corrected chi connectivity index (χ3v) is 3.70. The summed E-state index contributed by atoms with van der Waals surface area (Å²) in [7, 11) is 1.78. The van der Waals surface area contributed by atoms with Crippen LogP contribution in [0.3, 0.4) is 0 Å². The summed E-state index contributed by atoms with van der Waals surface area (Å²) in [5.41, 5.74) is 2.59. The number of fused-ring (bicyclic) bond motifs is 1. The minimum absolute atomic E-state index is 0.0513. The first-order chi connectivity index (χ1) is 11.2. The van der Waals surface area contributed by atoms with E-state index in [9.17, 15) is 4.79 Å². The number of amides is 1. The molecule has 0 aliphatic heterocycles. The van der Waals surface area contributed by atoms with Gasteiger partial charge in [-0.15, -0.1) is 6.58 Å². The standard InChI is InChI=1S/C18H18N4O/c1-3-12-22-16-7-5-4-6-15(16)20-17(22)13-21(2)18(23)14-8-10-19-11-9-14/h3-11H,1,12-13H2,2H3. The molecule has 2 aromatic heterocycles. The number of allylic oxidation sites excluding steroid dienone is 1. The number of aromatic nitrogens is 3. The van der Waals surface area contributed by atoms with E-state index < -0.39 is 0 Å². The van der Waals surface area contributed by atoms with Crippen molar-refractivity contribution in [1.82, 2.24) is 19.4 Å². The lowest BCUT2D eigenvalue weighted by molar-refractivity contribution is 0.0780. The van der Waals surface area contributed by atoms with E-state index in [4.69, 9.17) is 0 Å².